The minimum atomic E-state index is 0.124. The molecule has 1 atom stereocenters. The predicted octanol–water partition coefficient (Wildman–Crippen LogP) is 2.90. The summed E-state index contributed by atoms with van der Waals surface area (Å²) in [6.45, 7) is 5.04. The lowest BCUT2D eigenvalue weighted by Gasteiger charge is -2.34. The van der Waals surface area contributed by atoms with Crippen LogP contribution in [0.1, 0.15) is 36.4 Å². The second kappa shape index (κ2) is 9.20. The molecule has 4 rings (SSSR count). The zero-order chi connectivity index (χ0) is 19.3. The molecule has 0 aliphatic carbocycles. The number of aryl methyl sites for hydroxylation is 1. The van der Waals surface area contributed by atoms with Gasteiger partial charge in [-0.1, -0.05) is 6.07 Å². The van der Waals surface area contributed by atoms with Gasteiger partial charge in [0.05, 0.1) is 19.2 Å². The Balaban J connectivity index is 1.34. The van der Waals surface area contributed by atoms with E-state index in [1.807, 2.05) is 19.4 Å². The highest BCUT2D eigenvalue weighted by molar-refractivity contribution is 7.09. The molecule has 0 N–H and O–H groups in total. The van der Waals surface area contributed by atoms with E-state index in [1.54, 1.807) is 11.3 Å². The second-order valence-corrected chi connectivity index (χ2v) is 8.97. The van der Waals surface area contributed by atoms with Gasteiger partial charge in [-0.2, -0.15) is 0 Å². The predicted molar refractivity (Wildman–Crippen MR) is 110 cm³/mol. The van der Waals surface area contributed by atoms with Gasteiger partial charge in [-0.15, -0.1) is 11.3 Å². The fourth-order valence-corrected chi connectivity index (χ4v) is 4.92. The normalized spacial score (nSPS) is 21.2. The number of hydrogen-bond acceptors (Lipinski definition) is 5. The molecular weight excluding hydrogens is 372 g/mol. The number of aromatic nitrogens is 2. The van der Waals surface area contributed by atoms with Gasteiger partial charge in [0.15, 0.2) is 0 Å². The molecule has 2 fully saturated rings. The smallest absolute Gasteiger partial charge is 0.226 e. The summed E-state index contributed by atoms with van der Waals surface area (Å²) in [6.07, 6.45) is 8.06. The molecule has 0 spiro atoms. The van der Waals surface area contributed by atoms with Crippen molar-refractivity contribution in [3.63, 3.8) is 0 Å². The fraction of sp³-hybridized carbons (Fsp3) is 0.619. The van der Waals surface area contributed by atoms with Crippen LogP contribution < -0.4 is 0 Å². The van der Waals surface area contributed by atoms with Crippen molar-refractivity contribution in [3.05, 3.63) is 40.6 Å². The lowest BCUT2D eigenvalue weighted by atomic mass is 9.95. The highest BCUT2D eigenvalue weighted by atomic mass is 32.1. The van der Waals surface area contributed by atoms with Crippen LogP contribution in [0.4, 0.5) is 0 Å². The number of ether oxygens (including phenoxy) is 1. The van der Waals surface area contributed by atoms with Crippen molar-refractivity contribution in [2.45, 2.75) is 44.9 Å². The number of carbonyl (C=O) groups excluding carboxylic acids is 1. The van der Waals surface area contributed by atoms with E-state index in [2.05, 4.69) is 36.9 Å². The molecule has 2 aliphatic heterocycles. The summed E-state index contributed by atoms with van der Waals surface area (Å²) in [5.74, 6) is 1.52. The topological polar surface area (TPSA) is 50.6 Å². The van der Waals surface area contributed by atoms with Crippen LogP contribution in [0.25, 0.3) is 0 Å². The molecule has 2 aliphatic rings. The van der Waals surface area contributed by atoms with Gasteiger partial charge in [-0.25, -0.2) is 4.98 Å². The Morgan fingerprint density at radius 1 is 1.36 bits per heavy atom. The van der Waals surface area contributed by atoms with Crippen molar-refractivity contribution >= 4 is 17.2 Å². The van der Waals surface area contributed by atoms with E-state index < -0.39 is 0 Å². The van der Waals surface area contributed by atoms with E-state index >= 15 is 0 Å². The highest BCUT2D eigenvalue weighted by Gasteiger charge is 2.31. The van der Waals surface area contributed by atoms with Crippen LogP contribution in [0.2, 0.25) is 0 Å². The number of imidazole rings is 1. The minimum absolute atomic E-state index is 0.124. The molecule has 2 aromatic heterocycles. The lowest BCUT2D eigenvalue weighted by molar-refractivity contribution is -0.139. The maximum absolute atomic E-state index is 13.3. The zero-order valence-corrected chi connectivity index (χ0v) is 17.4. The monoisotopic (exact) mass is 402 g/mol. The number of thiophene rings is 1. The van der Waals surface area contributed by atoms with Gasteiger partial charge in [0.2, 0.25) is 5.91 Å². The SMILES string of the molecule is Cn1ccnc1CN1CCC(C(=O)N(Cc2cccs2)CC2CCCO2)CC1. The maximum atomic E-state index is 13.3. The van der Waals surface area contributed by atoms with Crippen LogP contribution >= 0.6 is 11.3 Å². The van der Waals surface area contributed by atoms with Crippen LogP contribution in [0, 0.1) is 5.92 Å². The lowest BCUT2D eigenvalue weighted by Crippen LogP contribution is -2.44. The van der Waals surface area contributed by atoms with Crippen molar-refractivity contribution in [1.82, 2.24) is 19.4 Å². The van der Waals surface area contributed by atoms with Gasteiger partial charge in [-0.05, 0) is 50.2 Å². The van der Waals surface area contributed by atoms with Gasteiger partial charge in [-0.3, -0.25) is 9.69 Å². The Hall–Kier alpha value is -1.70. The van der Waals surface area contributed by atoms with E-state index in [-0.39, 0.29) is 12.0 Å². The fourth-order valence-electron chi connectivity index (χ4n) is 4.20. The molecule has 1 unspecified atom stereocenters. The van der Waals surface area contributed by atoms with Gasteiger partial charge in [0, 0.05) is 43.4 Å². The molecule has 0 aromatic carbocycles. The average Bonchev–Trinajstić information content (AvgIpc) is 3.46. The minimum Gasteiger partial charge on any atom is -0.376 e. The van der Waals surface area contributed by atoms with E-state index in [4.69, 9.17) is 4.74 Å². The molecule has 7 heteroatoms. The van der Waals surface area contributed by atoms with E-state index in [9.17, 15) is 4.79 Å². The molecule has 2 saturated heterocycles. The number of carbonyl (C=O) groups is 1. The molecule has 6 nitrogen and oxygen atoms in total. The number of rotatable bonds is 7. The molecule has 28 heavy (non-hydrogen) atoms. The van der Waals surface area contributed by atoms with Crippen LogP contribution in [-0.4, -0.2) is 57.6 Å². The third-order valence-corrected chi connectivity index (χ3v) is 6.77. The highest BCUT2D eigenvalue weighted by Crippen LogP contribution is 2.24. The van der Waals surface area contributed by atoms with Crippen LogP contribution in [0.15, 0.2) is 29.9 Å². The van der Waals surface area contributed by atoms with Crippen molar-refractivity contribution in [3.8, 4) is 0 Å². The summed E-state index contributed by atoms with van der Waals surface area (Å²) in [4.78, 5) is 23.5. The Morgan fingerprint density at radius 2 is 2.21 bits per heavy atom. The van der Waals surface area contributed by atoms with Gasteiger partial charge < -0.3 is 14.2 Å². The first-order valence-corrected chi connectivity index (χ1v) is 11.2. The van der Waals surface area contributed by atoms with Crippen LogP contribution in [0.3, 0.4) is 0 Å². The Kier molecular flexibility index (Phi) is 6.44. The van der Waals surface area contributed by atoms with Gasteiger partial charge >= 0.3 is 0 Å². The summed E-state index contributed by atoms with van der Waals surface area (Å²) in [6, 6.07) is 4.18. The average molecular weight is 403 g/mol. The Bertz CT molecular complexity index is 746. The van der Waals surface area contributed by atoms with Gasteiger partial charge in [0.25, 0.3) is 0 Å². The number of piperidine rings is 1. The summed E-state index contributed by atoms with van der Waals surface area (Å²) in [5.41, 5.74) is 0. The first kappa shape index (κ1) is 19.6. The molecule has 1 amide bonds. The number of nitrogens with zero attached hydrogens (tertiary/aromatic N) is 4. The van der Waals surface area contributed by atoms with Crippen LogP contribution in [-0.2, 0) is 29.7 Å². The maximum Gasteiger partial charge on any atom is 0.226 e. The standard InChI is InChI=1S/C21H30N4O2S/c1-23-11-8-22-20(23)16-24-9-6-17(7-10-24)21(26)25(14-18-4-2-12-27-18)15-19-5-3-13-28-19/h3,5,8,11,13,17-18H,2,4,6-7,9-10,12,14-16H2,1H3. The summed E-state index contributed by atoms with van der Waals surface area (Å²) < 4.78 is 7.89. The molecule has 152 valence electrons. The summed E-state index contributed by atoms with van der Waals surface area (Å²) in [7, 11) is 2.03. The second-order valence-electron chi connectivity index (χ2n) is 7.94. The van der Waals surface area contributed by atoms with Crippen LogP contribution in [0.5, 0.6) is 0 Å². The molecule has 4 heterocycles. The first-order chi connectivity index (χ1) is 13.7. The van der Waals surface area contributed by atoms with Gasteiger partial charge in [0.1, 0.15) is 5.82 Å². The summed E-state index contributed by atoms with van der Waals surface area (Å²) >= 11 is 1.72. The Morgan fingerprint density at radius 3 is 2.86 bits per heavy atom. The largest absolute Gasteiger partial charge is 0.376 e. The Labute approximate surface area is 171 Å². The molecule has 0 radical (unpaired) electrons. The molecule has 0 bridgehead atoms. The van der Waals surface area contributed by atoms with Crippen molar-refractivity contribution in [1.29, 1.82) is 0 Å². The molecular formula is C21H30N4O2S. The van der Waals surface area contributed by atoms with E-state index in [0.717, 1.165) is 64.3 Å². The van der Waals surface area contributed by atoms with Crippen molar-refractivity contribution in [2.75, 3.05) is 26.2 Å². The number of likely N-dealkylation sites (tertiary alicyclic amines) is 1. The number of amides is 1. The van der Waals surface area contributed by atoms with Crippen molar-refractivity contribution in [2.24, 2.45) is 13.0 Å². The molecule has 0 saturated carbocycles. The molecule has 2 aromatic rings. The third-order valence-electron chi connectivity index (χ3n) is 5.91. The quantitative estimate of drug-likeness (QED) is 0.715. The van der Waals surface area contributed by atoms with E-state index in [0.29, 0.717) is 12.5 Å². The van der Waals surface area contributed by atoms with Crippen molar-refractivity contribution < 1.29 is 9.53 Å². The zero-order valence-electron chi connectivity index (χ0n) is 16.6. The first-order valence-electron chi connectivity index (χ1n) is 10.3. The third kappa shape index (κ3) is 4.82. The van der Waals surface area contributed by atoms with E-state index in [1.165, 1.54) is 4.88 Å². The number of hydrogen-bond donors (Lipinski definition) is 0. The summed E-state index contributed by atoms with van der Waals surface area (Å²) in [5, 5.41) is 2.08.